The highest BCUT2D eigenvalue weighted by atomic mass is 35.5. The van der Waals surface area contributed by atoms with Gasteiger partial charge in [0.05, 0.1) is 17.1 Å². The number of benzene rings is 2. The van der Waals surface area contributed by atoms with Gasteiger partial charge in [-0.1, -0.05) is 37.6 Å². The third kappa shape index (κ3) is 4.46. The molecule has 0 fully saturated rings. The number of hydrogen-bond donors (Lipinski definition) is 1. The molecule has 1 aromatic heterocycles. The number of aromatic nitrogens is 2. The third-order valence-electron chi connectivity index (χ3n) is 4.10. The molecule has 130 valence electrons. The number of hydrogen-bond acceptors (Lipinski definition) is 3. The molecular formula is C20H22ClN3S. The second kappa shape index (κ2) is 8.09. The summed E-state index contributed by atoms with van der Waals surface area (Å²) in [4.78, 5) is 1.03. The van der Waals surface area contributed by atoms with Crippen molar-refractivity contribution in [1.82, 2.24) is 9.78 Å². The van der Waals surface area contributed by atoms with Crippen LogP contribution in [0, 0.1) is 5.92 Å². The van der Waals surface area contributed by atoms with Crippen molar-refractivity contribution >= 4 is 23.5 Å². The molecule has 25 heavy (non-hydrogen) atoms. The maximum Gasteiger partial charge on any atom is 0.0743 e. The fourth-order valence-electron chi connectivity index (χ4n) is 2.68. The molecule has 0 aliphatic carbocycles. The van der Waals surface area contributed by atoms with Gasteiger partial charge in [-0.2, -0.15) is 5.10 Å². The van der Waals surface area contributed by atoms with Crippen LogP contribution in [0.25, 0.3) is 16.9 Å². The SMILES string of the molecule is CC(C)CCc1cc(-c2ccc(Cl)cc2)n(-c2ccc(SN)cc2)n1. The first-order valence-electron chi connectivity index (χ1n) is 8.39. The lowest BCUT2D eigenvalue weighted by Crippen LogP contribution is -2.00. The van der Waals surface area contributed by atoms with Gasteiger partial charge in [0, 0.05) is 15.5 Å². The lowest BCUT2D eigenvalue weighted by atomic mass is 10.1. The molecule has 2 aromatic carbocycles. The second-order valence-corrected chi connectivity index (χ2v) is 7.63. The van der Waals surface area contributed by atoms with Crippen LogP contribution in [0.15, 0.2) is 59.5 Å². The van der Waals surface area contributed by atoms with Crippen LogP contribution in [0.3, 0.4) is 0 Å². The summed E-state index contributed by atoms with van der Waals surface area (Å²) in [5.74, 6) is 0.657. The van der Waals surface area contributed by atoms with Crippen LogP contribution >= 0.6 is 23.5 Å². The summed E-state index contributed by atoms with van der Waals surface area (Å²) >= 11 is 7.29. The zero-order chi connectivity index (χ0) is 17.8. The zero-order valence-electron chi connectivity index (χ0n) is 14.4. The van der Waals surface area contributed by atoms with E-state index < -0.39 is 0 Å². The van der Waals surface area contributed by atoms with Gasteiger partial charge in [0.25, 0.3) is 0 Å². The average molecular weight is 372 g/mol. The summed E-state index contributed by atoms with van der Waals surface area (Å²) in [6.45, 7) is 4.47. The van der Waals surface area contributed by atoms with Crippen molar-refractivity contribution in [3.63, 3.8) is 0 Å². The van der Waals surface area contributed by atoms with Gasteiger partial charge in [-0.15, -0.1) is 0 Å². The quantitative estimate of drug-likeness (QED) is 0.561. The van der Waals surface area contributed by atoms with Crippen molar-refractivity contribution in [2.24, 2.45) is 11.1 Å². The van der Waals surface area contributed by atoms with E-state index in [-0.39, 0.29) is 0 Å². The molecule has 0 bridgehead atoms. The van der Waals surface area contributed by atoms with Crippen molar-refractivity contribution in [1.29, 1.82) is 0 Å². The summed E-state index contributed by atoms with van der Waals surface area (Å²) < 4.78 is 2.00. The maximum atomic E-state index is 6.04. The van der Waals surface area contributed by atoms with Gasteiger partial charge in [-0.05, 0) is 73.2 Å². The second-order valence-electron chi connectivity index (χ2n) is 6.48. The maximum absolute atomic E-state index is 6.04. The Morgan fingerprint density at radius 1 is 1.08 bits per heavy atom. The van der Waals surface area contributed by atoms with Gasteiger partial charge in [-0.25, -0.2) is 4.68 Å². The molecule has 0 radical (unpaired) electrons. The topological polar surface area (TPSA) is 43.8 Å². The van der Waals surface area contributed by atoms with Crippen molar-refractivity contribution in [3.05, 3.63) is 65.3 Å². The number of nitrogens with two attached hydrogens (primary N) is 1. The van der Waals surface area contributed by atoms with Crippen molar-refractivity contribution in [2.45, 2.75) is 31.6 Å². The summed E-state index contributed by atoms with van der Waals surface area (Å²) in [5.41, 5.74) is 4.31. The standard InChI is InChI=1S/C20H22ClN3S/c1-14(2)3-8-17-13-20(15-4-6-16(21)7-5-15)24(23-17)18-9-11-19(25-22)12-10-18/h4-7,9-14H,3,8,22H2,1-2H3. The van der Waals surface area contributed by atoms with Gasteiger partial charge in [-0.3, -0.25) is 5.14 Å². The van der Waals surface area contributed by atoms with Crippen molar-refractivity contribution in [3.8, 4) is 16.9 Å². The monoisotopic (exact) mass is 371 g/mol. The van der Waals surface area contributed by atoms with E-state index in [2.05, 4.69) is 19.9 Å². The Balaban J connectivity index is 2.02. The molecule has 3 aromatic rings. The third-order valence-corrected chi connectivity index (χ3v) is 4.89. The van der Waals surface area contributed by atoms with Crippen molar-refractivity contribution < 1.29 is 0 Å². The molecule has 0 atom stereocenters. The predicted molar refractivity (Wildman–Crippen MR) is 107 cm³/mol. The Hall–Kier alpha value is -1.75. The molecule has 0 unspecified atom stereocenters. The lowest BCUT2D eigenvalue weighted by Gasteiger charge is -2.08. The number of halogens is 1. The van der Waals surface area contributed by atoms with Crippen LogP contribution < -0.4 is 5.14 Å². The largest absolute Gasteiger partial charge is 0.274 e. The van der Waals surface area contributed by atoms with E-state index in [1.807, 2.05) is 53.2 Å². The first-order valence-corrected chi connectivity index (χ1v) is 9.64. The Labute approximate surface area is 158 Å². The molecular weight excluding hydrogens is 350 g/mol. The van der Waals surface area contributed by atoms with Gasteiger partial charge < -0.3 is 0 Å². The van der Waals surface area contributed by atoms with Crippen LogP contribution in [0.4, 0.5) is 0 Å². The minimum atomic E-state index is 0.657. The van der Waals surface area contributed by atoms with E-state index in [0.29, 0.717) is 5.92 Å². The van der Waals surface area contributed by atoms with E-state index in [1.165, 1.54) is 11.9 Å². The van der Waals surface area contributed by atoms with E-state index in [1.54, 1.807) is 0 Å². The molecule has 0 saturated carbocycles. The summed E-state index contributed by atoms with van der Waals surface area (Å²) in [6, 6.07) is 18.2. The average Bonchev–Trinajstić information content (AvgIpc) is 3.05. The molecule has 0 aliphatic rings. The Morgan fingerprint density at radius 3 is 2.36 bits per heavy atom. The number of rotatable bonds is 6. The van der Waals surface area contributed by atoms with Crippen LogP contribution in [0.2, 0.25) is 5.02 Å². The van der Waals surface area contributed by atoms with E-state index in [9.17, 15) is 0 Å². The summed E-state index contributed by atoms with van der Waals surface area (Å²) in [5, 5.41) is 11.2. The molecule has 3 rings (SSSR count). The van der Waals surface area contributed by atoms with Crippen LogP contribution in [-0.4, -0.2) is 9.78 Å². The van der Waals surface area contributed by atoms with Gasteiger partial charge in [0.1, 0.15) is 0 Å². The number of nitrogens with zero attached hydrogens (tertiary/aromatic N) is 2. The lowest BCUT2D eigenvalue weighted by molar-refractivity contribution is 0.579. The van der Waals surface area contributed by atoms with Crippen LogP contribution in [0.5, 0.6) is 0 Å². The molecule has 0 spiro atoms. The normalized spacial score (nSPS) is 11.2. The molecule has 5 heteroatoms. The highest BCUT2D eigenvalue weighted by Crippen LogP contribution is 2.27. The van der Waals surface area contributed by atoms with Gasteiger partial charge in [0.2, 0.25) is 0 Å². The minimum absolute atomic E-state index is 0.657. The summed E-state index contributed by atoms with van der Waals surface area (Å²) in [7, 11) is 0. The van der Waals surface area contributed by atoms with Crippen LogP contribution in [-0.2, 0) is 6.42 Å². The van der Waals surface area contributed by atoms with E-state index in [0.717, 1.165) is 45.4 Å². The minimum Gasteiger partial charge on any atom is -0.274 e. The Bertz CT molecular complexity index is 823. The smallest absolute Gasteiger partial charge is 0.0743 e. The fourth-order valence-corrected chi connectivity index (χ4v) is 3.10. The first-order chi connectivity index (χ1) is 12.1. The van der Waals surface area contributed by atoms with Crippen LogP contribution in [0.1, 0.15) is 26.0 Å². The van der Waals surface area contributed by atoms with E-state index in [4.69, 9.17) is 21.8 Å². The fraction of sp³-hybridized carbons (Fsp3) is 0.250. The molecule has 0 aliphatic heterocycles. The molecule has 1 heterocycles. The van der Waals surface area contributed by atoms with Gasteiger partial charge >= 0.3 is 0 Å². The first kappa shape index (κ1) is 18.1. The zero-order valence-corrected chi connectivity index (χ0v) is 16.0. The summed E-state index contributed by atoms with van der Waals surface area (Å²) in [6.07, 6.45) is 2.10. The van der Waals surface area contributed by atoms with Gasteiger partial charge in [0.15, 0.2) is 0 Å². The van der Waals surface area contributed by atoms with Crippen molar-refractivity contribution in [2.75, 3.05) is 0 Å². The molecule has 0 saturated heterocycles. The molecule has 3 nitrogen and oxygen atoms in total. The number of aryl methyl sites for hydroxylation is 1. The predicted octanol–water partition coefficient (Wildman–Crippen LogP) is 5.75. The Kier molecular flexibility index (Phi) is 5.84. The Morgan fingerprint density at radius 2 is 1.76 bits per heavy atom. The van der Waals surface area contributed by atoms with E-state index >= 15 is 0 Å². The molecule has 2 N–H and O–H groups in total. The highest BCUT2D eigenvalue weighted by molar-refractivity contribution is 7.97. The molecule has 0 amide bonds. The highest BCUT2D eigenvalue weighted by Gasteiger charge is 2.12.